The molecule has 2 aromatic rings. The van der Waals surface area contributed by atoms with Crippen LogP contribution < -0.4 is 9.47 Å². The Hall–Kier alpha value is -2.08. The third kappa shape index (κ3) is 2.53. The van der Waals surface area contributed by atoms with Crippen molar-refractivity contribution in [2.45, 2.75) is 13.0 Å². The molecule has 6 heteroatoms. The average Bonchev–Trinajstić information content (AvgIpc) is 2.94. The summed E-state index contributed by atoms with van der Waals surface area (Å²) in [6, 6.07) is 5.55. The van der Waals surface area contributed by atoms with Gasteiger partial charge in [0.15, 0.2) is 5.82 Å². The zero-order valence-corrected chi connectivity index (χ0v) is 11.5. The van der Waals surface area contributed by atoms with Crippen LogP contribution in [0.25, 0.3) is 5.69 Å². The van der Waals surface area contributed by atoms with Gasteiger partial charge in [0, 0.05) is 13.2 Å². The molecule has 0 amide bonds. The summed E-state index contributed by atoms with van der Waals surface area (Å²) in [5, 5.41) is 8.02. The minimum atomic E-state index is -0.168. The second-order valence-corrected chi connectivity index (χ2v) is 3.97. The van der Waals surface area contributed by atoms with Crippen molar-refractivity contribution in [3.05, 3.63) is 30.4 Å². The lowest BCUT2D eigenvalue weighted by Gasteiger charge is -2.15. The summed E-state index contributed by atoms with van der Waals surface area (Å²) in [7, 11) is 4.87. The maximum Gasteiger partial charge on any atom is 0.166 e. The second-order valence-electron chi connectivity index (χ2n) is 3.97. The van der Waals surface area contributed by atoms with Crippen LogP contribution in [0.4, 0.5) is 0 Å². The van der Waals surface area contributed by atoms with Crippen molar-refractivity contribution in [3.8, 4) is 17.2 Å². The Balaban J connectivity index is 2.54. The highest BCUT2D eigenvalue weighted by molar-refractivity contribution is 5.51. The van der Waals surface area contributed by atoms with E-state index >= 15 is 0 Å². The van der Waals surface area contributed by atoms with Gasteiger partial charge in [0.1, 0.15) is 23.9 Å². The van der Waals surface area contributed by atoms with Gasteiger partial charge in [-0.3, -0.25) is 4.57 Å². The Labute approximate surface area is 111 Å². The maximum absolute atomic E-state index is 5.36. The van der Waals surface area contributed by atoms with Gasteiger partial charge in [-0.1, -0.05) is 0 Å². The topological polar surface area (TPSA) is 58.4 Å². The minimum Gasteiger partial charge on any atom is -0.497 e. The molecular formula is C13H17N3O3. The van der Waals surface area contributed by atoms with Crippen molar-refractivity contribution in [1.82, 2.24) is 14.8 Å². The highest BCUT2D eigenvalue weighted by atomic mass is 16.5. The van der Waals surface area contributed by atoms with Crippen LogP contribution in [0, 0.1) is 0 Å². The van der Waals surface area contributed by atoms with Crippen molar-refractivity contribution >= 4 is 0 Å². The van der Waals surface area contributed by atoms with E-state index in [1.54, 1.807) is 27.7 Å². The summed E-state index contributed by atoms with van der Waals surface area (Å²) in [5.74, 6) is 2.15. The fraction of sp³-hybridized carbons (Fsp3) is 0.385. The summed E-state index contributed by atoms with van der Waals surface area (Å²) in [6.07, 6.45) is 1.46. The molecular weight excluding hydrogens is 246 g/mol. The second kappa shape index (κ2) is 5.71. The Morgan fingerprint density at radius 2 is 1.95 bits per heavy atom. The number of hydrogen-bond acceptors (Lipinski definition) is 5. The predicted molar refractivity (Wildman–Crippen MR) is 69.9 cm³/mol. The average molecular weight is 263 g/mol. The number of rotatable bonds is 5. The van der Waals surface area contributed by atoms with E-state index in [4.69, 9.17) is 14.2 Å². The van der Waals surface area contributed by atoms with Crippen molar-refractivity contribution < 1.29 is 14.2 Å². The summed E-state index contributed by atoms with van der Waals surface area (Å²) < 4.78 is 17.7. The normalized spacial score (nSPS) is 12.2. The first kappa shape index (κ1) is 13.4. The van der Waals surface area contributed by atoms with Gasteiger partial charge in [0.05, 0.1) is 19.9 Å². The van der Waals surface area contributed by atoms with E-state index in [9.17, 15) is 0 Å². The Bertz CT molecular complexity index is 554. The zero-order chi connectivity index (χ0) is 13.8. The van der Waals surface area contributed by atoms with E-state index in [1.807, 2.05) is 29.7 Å². The largest absolute Gasteiger partial charge is 0.497 e. The molecule has 102 valence electrons. The van der Waals surface area contributed by atoms with Gasteiger partial charge in [0.25, 0.3) is 0 Å². The first-order chi connectivity index (χ1) is 9.21. The molecule has 6 nitrogen and oxygen atoms in total. The fourth-order valence-electron chi connectivity index (χ4n) is 1.80. The lowest BCUT2D eigenvalue weighted by atomic mass is 10.2. The molecule has 0 spiro atoms. The molecule has 0 saturated heterocycles. The summed E-state index contributed by atoms with van der Waals surface area (Å²) in [5.41, 5.74) is 0.811. The van der Waals surface area contributed by atoms with E-state index in [2.05, 4.69) is 10.2 Å². The molecule has 1 heterocycles. The standard InChI is InChI=1S/C13H17N3O3/c1-9(17-2)13-15-14-8-16(13)11-7-10(18-3)5-6-12(11)19-4/h5-9H,1-4H3. The molecule has 0 bridgehead atoms. The first-order valence-electron chi connectivity index (χ1n) is 5.86. The molecule has 19 heavy (non-hydrogen) atoms. The van der Waals surface area contributed by atoms with E-state index in [-0.39, 0.29) is 6.10 Å². The summed E-state index contributed by atoms with van der Waals surface area (Å²) in [4.78, 5) is 0. The number of aromatic nitrogens is 3. The summed E-state index contributed by atoms with van der Waals surface area (Å²) in [6.45, 7) is 1.91. The summed E-state index contributed by atoms with van der Waals surface area (Å²) >= 11 is 0. The monoisotopic (exact) mass is 263 g/mol. The van der Waals surface area contributed by atoms with Crippen LogP contribution in [0.2, 0.25) is 0 Å². The van der Waals surface area contributed by atoms with Crippen LogP contribution >= 0.6 is 0 Å². The van der Waals surface area contributed by atoms with Gasteiger partial charge < -0.3 is 14.2 Å². The molecule has 0 radical (unpaired) electrons. The van der Waals surface area contributed by atoms with Gasteiger partial charge >= 0.3 is 0 Å². The van der Waals surface area contributed by atoms with Gasteiger partial charge in [-0.15, -0.1) is 10.2 Å². The van der Waals surface area contributed by atoms with E-state index in [0.29, 0.717) is 11.6 Å². The molecule has 0 N–H and O–H groups in total. The van der Waals surface area contributed by atoms with Crippen molar-refractivity contribution in [1.29, 1.82) is 0 Å². The van der Waals surface area contributed by atoms with E-state index in [1.165, 1.54) is 0 Å². The molecule has 0 saturated carbocycles. The quantitative estimate of drug-likeness (QED) is 0.825. The minimum absolute atomic E-state index is 0.168. The van der Waals surface area contributed by atoms with Crippen LogP contribution in [0.1, 0.15) is 18.9 Å². The SMILES string of the molecule is COc1ccc(OC)c(-n2cnnc2C(C)OC)c1. The van der Waals surface area contributed by atoms with Gasteiger partial charge in [-0.25, -0.2) is 0 Å². The van der Waals surface area contributed by atoms with Gasteiger partial charge in [-0.2, -0.15) is 0 Å². The van der Waals surface area contributed by atoms with Crippen LogP contribution in [0.5, 0.6) is 11.5 Å². The molecule has 1 unspecified atom stereocenters. The molecule has 2 rings (SSSR count). The third-order valence-electron chi connectivity index (χ3n) is 2.94. The number of nitrogens with zero attached hydrogens (tertiary/aromatic N) is 3. The Kier molecular flexibility index (Phi) is 4.01. The molecule has 0 aliphatic rings. The van der Waals surface area contributed by atoms with Crippen LogP contribution in [-0.4, -0.2) is 36.1 Å². The van der Waals surface area contributed by atoms with Crippen LogP contribution in [0.3, 0.4) is 0 Å². The first-order valence-corrected chi connectivity index (χ1v) is 5.86. The predicted octanol–water partition coefficient (Wildman–Crippen LogP) is 1.99. The van der Waals surface area contributed by atoms with E-state index in [0.717, 1.165) is 11.4 Å². The van der Waals surface area contributed by atoms with Crippen molar-refractivity contribution in [3.63, 3.8) is 0 Å². The van der Waals surface area contributed by atoms with Gasteiger partial charge in [-0.05, 0) is 19.1 Å². The number of benzene rings is 1. The molecule has 0 fully saturated rings. The Morgan fingerprint density at radius 3 is 2.58 bits per heavy atom. The fourth-order valence-corrected chi connectivity index (χ4v) is 1.80. The molecule has 1 aromatic heterocycles. The van der Waals surface area contributed by atoms with Crippen LogP contribution in [-0.2, 0) is 4.74 Å². The Morgan fingerprint density at radius 1 is 1.16 bits per heavy atom. The molecule has 0 aliphatic carbocycles. The van der Waals surface area contributed by atoms with E-state index < -0.39 is 0 Å². The smallest absolute Gasteiger partial charge is 0.166 e. The lowest BCUT2D eigenvalue weighted by Crippen LogP contribution is -2.07. The number of hydrogen-bond donors (Lipinski definition) is 0. The van der Waals surface area contributed by atoms with Gasteiger partial charge in [0.2, 0.25) is 0 Å². The number of methoxy groups -OCH3 is 3. The highest BCUT2D eigenvalue weighted by Crippen LogP contribution is 2.29. The zero-order valence-electron chi connectivity index (χ0n) is 11.5. The van der Waals surface area contributed by atoms with Crippen molar-refractivity contribution in [2.75, 3.05) is 21.3 Å². The third-order valence-corrected chi connectivity index (χ3v) is 2.94. The lowest BCUT2D eigenvalue weighted by molar-refractivity contribution is 0.110. The molecule has 0 aliphatic heterocycles. The molecule has 1 atom stereocenters. The van der Waals surface area contributed by atoms with Crippen LogP contribution in [0.15, 0.2) is 24.5 Å². The van der Waals surface area contributed by atoms with Crippen molar-refractivity contribution in [2.24, 2.45) is 0 Å². The molecule has 1 aromatic carbocycles. The maximum atomic E-state index is 5.36. The highest BCUT2D eigenvalue weighted by Gasteiger charge is 2.16. The number of ether oxygens (including phenoxy) is 3.